The van der Waals surface area contributed by atoms with Crippen LogP contribution < -0.4 is 5.73 Å². The predicted molar refractivity (Wildman–Crippen MR) is 71.2 cm³/mol. The molecule has 0 radical (unpaired) electrons. The van der Waals surface area contributed by atoms with Gasteiger partial charge in [-0.2, -0.15) is 0 Å². The lowest BCUT2D eigenvalue weighted by Crippen LogP contribution is -2.13. The maximum absolute atomic E-state index is 6.16. The predicted octanol–water partition coefficient (Wildman–Crippen LogP) is 3.69. The molecule has 0 aromatic heterocycles. The van der Waals surface area contributed by atoms with Gasteiger partial charge >= 0.3 is 0 Å². The summed E-state index contributed by atoms with van der Waals surface area (Å²) in [5.41, 5.74) is 8.61. The van der Waals surface area contributed by atoms with Crippen LogP contribution in [0.5, 0.6) is 0 Å². The molecule has 0 amide bonds. The maximum Gasteiger partial charge on any atom is 0.0335 e. The Kier molecular flexibility index (Phi) is 3.75. The fourth-order valence-corrected chi connectivity index (χ4v) is 1.96. The van der Waals surface area contributed by atoms with Crippen molar-refractivity contribution < 1.29 is 0 Å². The summed E-state index contributed by atoms with van der Waals surface area (Å²) in [4.78, 5) is 0. The normalized spacial score (nSPS) is 12.4. The van der Waals surface area contributed by atoms with Gasteiger partial charge < -0.3 is 5.73 Å². The van der Waals surface area contributed by atoms with Gasteiger partial charge in [-0.25, -0.2) is 0 Å². The average Bonchev–Trinajstić information content (AvgIpc) is 2.31. The quantitative estimate of drug-likeness (QED) is 0.909. The molecule has 1 atom stereocenters. The zero-order valence-corrected chi connectivity index (χ0v) is 10.5. The first-order chi connectivity index (χ1) is 7.75. The molecule has 2 rings (SSSR count). The molecule has 0 aliphatic carbocycles. The Bertz CT molecular complexity index is 436. The van der Waals surface area contributed by atoms with Crippen LogP contribution in [-0.4, -0.2) is 0 Å². The fraction of sp³-hybridized carbons (Fsp3) is 0.143. The first kappa shape index (κ1) is 11.4. The number of hydrogen-bond donors (Lipinski definition) is 1. The summed E-state index contributed by atoms with van der Waals surface area (Å²) < 4.78 is 1.09. The molecule has 0 heterocycles. The second-order valence-corrected chi connectivity index (χ2v) is 4.76. The van der Waals surface area contributed by atoms with Gasteiger partial charge in [-0.15, -0.1) is 0 Å². The van der Waals surface area contributed by atoms with Crippen molar-refractivity contribution in [1.29, 1.82) is 0 Å². The Balaban J connectivity index is 2.09. The molecule has 2 aromatic carbocycles. The molecule has 0 unspecified atom stereocenters. The molecule has 82 valence electrons. The number of nitrogens with two attached hydrogens (primary N) is 1. The van der Waals surface area contributed by atoms with Crippen molar-refractivity contribution >= 4 is 15.9 Å². The van der Waals surface area contributed by atoms with Crippen molar-refractivity contribution in [3.63, 3.8) is 0 Å². The van der Waals surface area contributed by atoms with Crippen molar-refractivity contribution in [2.45, 2.75) is 12.5 Å². The topological polar surface area (TPSA) is 26.0 Å². The van der Waals surface area contributed by atoms with Gasteiger partial charge in [0.05, 0.1) is 0 Å². The first-order valence-electron chi connectivity index (χ1n) is 5.30. The number of rotatable bonds is 3. The molecule has 16 heavy (non-hydrogen) atoms. The van der Waals surface area contributed by atoms with E-state index in [2.05, 4.69) is 40.2 Å². The minimum Gasteiger partial charge on any atom is -0.324 e. The van der Waals surface area contributed by atoms with Crippen molar-refractivity contribution in [2.75, 3.05) is 0 Å². The van der Waals surface area contributed by atoms with E-state index < -0.39 is 0 Å². The highest BCUT2D eigenvalue weighted by molar-refractivity contribution is 9.10. The molecule has 2 heteroatoms. The zero-order valence-electron chi connectivity index (χ0n) is 8.94. The molecule has 1 nitrogen and oxygen atoms in total. The van der Waals surface area contributed by atoms with Crippen LogP contribution >= 0.6 is 15.9 Å². The van der Waals surface area contributed by atoms with Gasteiger partial charge in [-0.05, 0) is 29.7 Å². The molecular weight excluding hydrogens is 262 g/mol. The van der Waals surface area contributed by atoms with E-state index in [9.17, 15) is 0 Å². The van der Waals surface area contributed by atoms with Crippen LogP contribution in [0.4, 0.5) is 0 Å². The van der Waals surface area contributed by atoms with Crippen LogP contribution in [-0.2, 0) is 6.42 Å². The van der Waals surface area contributed by atoms with E-state index in [1.54, 1.807) is 0 Å². The summed E-state index contributed by atoms with van der Waals surface area (Å²) >= 11 is 3.42. The highest BCUT2D eigenvalue weighted by Gasteiger charge is 2.06. The van der Waals surface area contributed by atoms with Crippen molar-refractivity contribution in [3.05, 3.63) is 70.2 Å². The maximum atomic E-state index is 6.16. The standard InChI is InChI=1S/C14H14BrN/c15-13-8-6-12(7-9-13)14(16)10-11-4-2-1-3-5-11/h1-9,14H,10,16H2/t14-/m0/s1. The third-order valence-electron chi connectivity index (χ3n) is 2.60. The summed E-state index contributed by atoms with van der Waals surface area (Å²) in [6.07, 6.45) is 0.877. The van der Waals surface area contributed by atoms with Crippen molar-refractivity contribution in [2.24, 2.45) is 5.73 Å². The van der Waals surface area contributed by atoms with Crippen LogP contribution in [0.3, 0.4) is 0 Å². The molecule has 0 spiro atoms. The molecular formula is C14H14BrN. The lowest BCUT2D eigenvalue weighted by molar-refractivity contribution is 0.722. The second kappa shape index (κ2) is 5.28. The summed E-state index contributed by atoms with van der Waals surface area (Å²) in [5.74, 6) is 0. The van der Waals surface area contributed by atoms with E-state index in [1.165, 1.54) is 11.1 Å². The van der Waals surface area contributed by atoms with Gasteiger partial charge in [0.1, 0.15) is 0 Å². The summed E-state index contributed by atoms with van der Waals surface area (Å²) in [6.45, 7) is 0. The largest absolute Gasteiger partial charge is 0.324 e. The van der Waals surface area contributed by atoms with Gasteiger partial charge in [0.15, 0.2) is 0 Å². The Morgan fingerprint density at radius 1 is 0.938 bits per heavy atom. The second-order valence-electron chi connectivity index (χ2n) is 3.85. The lowest BCUT2D eigenvalue weighted by atomic mass is 10.00. The van der Waals surface area contributed by atoms with E-state index in [-0.39, 0.29) is 6.04 Å². The highest BCUT2D eigenvalue weighted by Crippen LogP contribution is 2.18. The molecule has 0 fully saturated rings. The number of benzene rings is 2. The van der Waals surface area contributed by atoms with Crippen LogP contribution in [0, 0.1) is 0 Å². The van der Waals surface area contributed by atoms with Crippen LogP contribution in [0.15, 0.2) is 59.1 Å². The molecule has 0 saturated carbocycles. The number of hydrogen-bond acceptors (Lipinski definition) is 1. The summed E-state index contributed by atoms with van der Waals surface area (Å²) in [5, 5.41) is 0. The monoisotopic (exact) mass is 275 g/mol. The molecule has 2 N–H and O–H groups in total. The van der Waals surface area contributed by atoms with E-state index in [0.29, 0.717) is 0 Å². The first-order valence-corrected chi connectivity index (χ1v) is 6.10. The smallest absolute Gasteiger partial charge is 0.0335 e. The molecule has 0 bridgehead atoms. The van der Waals surface area contributed by atoms with Gasteiger partial charge in [-0.3, -0.25) is 0 Å². The van der Waals surface area contributed by atoms with Crippen LogP contribution in [0.2, 0.25) is 0 Å². The van der Waals surface area contributed by atoms with Crippen LogP contribution in [0.1, 0.15) is 17.2 Å². The molecule has 0 aliphatic rings. The summed E-state index contributed by atoms with van der Waals surface area (Å²) in [7, 11) is 0. The highest BCUT2D eigenvalue weighted by atomic mass is 79.9. The van der Waals surface area contributed by atoms with Gasteiger partial charge in [0, 0.05) is 10.5 Å². The van der Waals surface area contributed by atoms with Crippen LogP contribution in [0.25, 0.3) is 0 Å². The Morgan fingerprint density at radius 2 is 1.56 bits per heavy atom. The molecule has 2 aromatic rings. The van der Waals surface area contributed by atoms with E-state index in [1.807, 2.05) is 30.3 Å². The van der Waals surface area contributed by atoms with Crippen molar-refractivity contribution in [1.82, 2.24) is 0 Å². The third kappa shape index (κ3) is 2.94. The van der Waals surface area contributed by atoms with E-state index >= 15 is 0 Å². The van der Waals surface area contributed by atoms with E-state index in [4.69, 9.17) is 5.73 Å². The van der Waals surface area contributed by atoms with Gasteiger partial charge in [0.25, 0.3) is 0 Å². The Morgan fingerprint density at radius 3 is 2.19 bits per heavy atom. The minimum absolute atomic E-state index is 0.0653. The molecule has 0 aliphatic heterocycles. The lowest BCUT2D eigenvalue weighted by Gasteiger charge is -2.12. The summed E-state index contributed by atoms with van der Waals surface area (Å²) in [6, 6.07) is 18.6. The fourth-order valence-electron chi connectivity index (χ4n) is 1.70. The number of halogens is 1. The van der Waals surface area contributed by atoms with Gasteiger partial charge in [0.2, 0.25) is 0 Å². The van der Waals surface area contributed by atoms with Crippen molar-refractivity contribution in [3.8, 4) is 0 Å². The van der Waals surface area contributed by atoms with E-state index in [0.717, 1.165) is 10.9 Å². The average molecular weight is 276 g/mol. The van der Waals surface area contributed by atoms with Gasteiger partial charge in [-0.1, -0.05) is 58.4 Å². The zero-order chi connectivity index (χ0) is 11.4. The Hall–Kier alpha value is -1.12. The third-order valence-corrected chi connectivity index (χ3v) is 3.13. The SMILES string of the molecule is N[C@@H](Cc1ccccc1)c1ccc(Br)cc1. The minimum atomic E-state index is 0.0653. The molecule has 0 saturated heterocycles. The Labute approximate surface area is 104 Å².